The summed E-state index contributed by atoms with van der Waals surface area (Å²) in [5.74, 6) is 0.439. The molecule has 1 aromatic rings. The lowest BCUT2D eigenvalue weighted by Gasteiger charge is -2.20. The molecule has 1 N–H and O–H groups in total. The molecule has 0 radical (unpaired) electrons. The molecule has 0 aromatic heterocycles. The first-order valence-corrected chi connectivity index (χ1v) is 7.90. The fourth-order valence-electron chi connectivity index (χ4n) is 3.34. The SMILES string of the molecule is Cc1ccc(N2CCCC2)cc1NC(=O)C1CCCC1. The van der Waals surface area contributed by atoms with Crippen LogP contribution in [-0.4, -0.2) is 19.0 Å². The van der Waals surface area contributed by atoms with E-state index >= 15 is 0 Å². The van der Waals surface area contributed by atoms with Gasteiger partial charge in [-0.2, -0.15) is 0 Å². The number of amides is 1. The van der Waals surface area contributed by atoms with E-state index in [0.717, 1.165) is 37.2 Å². The molecule has 3 rings (SSSR count). The first-order chi connectivity index (χ1) is 9.74. The van der Waals surface area contributed by atoms with Crippen LogP contribution in [0.3, 0.4) is 0 Å². The van der Waals surface area contributed by atoms with Crippen molar-refractivity contribution in [1.82, 2.24) is 0 Å². The minimum absolute atomic E-state index is 0.212. The predicted molar refractivity (Wildman–Crippen MR) is 83.2 cm³/mol. The van der Waals surface area contributed by atoms with Gasteiger partial charge in [0.05, 0.1) is 0 Å². The summed E-state index contributed by atoms with van der Waals surface area (Å²) in [7, 11) is 0. The van der Waals surface area contributed by atoms with Crippen molar-refractivity contribution < 1.29 is 4.79 Å². The van der Waals surface area contributed by atoms with E-state index in [-0.39, 0.29) is 11.8 Å². The number of hydrogen-bond acceptors (Lipinski definition) is 2. The largest absolute Gasteiger partial charge is 0.371 e. The zero-order valence-corrected chi connectivity index (χ0v) is 12.3. The number of nitrogens with zero attached hydrogens (tertiary/aromatic N) is 1. The van der Waals surface area contributed by atoms with Crippen LogP contribution in [0.1, 0.15) is 44.1 Å². The van der Waals surface area contributed by atoms with Crippen LogP contribution in [0.25, 0.3) is 0 Å². The van der Waals surface area contributed by atoms with E-state index in [4.69, 9.17) is 0 Å². The quantitative estimate of drug-likeness (QED) is 0.909. The Morgan fingerprint density at radius 1 is 1.15 bits per heavy atom. The summed E-state index contributed by atoms with van der Waals surface area (Å²) >= 11 is 0. The number of hydrogen-bond donors (Lipinski definition) is 1. The van der Waals surface area contributed by atoms with Crippen molar-refractivity contribution in [1.29, 1.82) is 0 Å². The highest BCUT2D eigenvalue weighted by Crippen LogP contribution is 2.29. The zero-order chi connectivity index (χ0) is 13.9. The molecule has 20 heavy (non-hydrogen) atoms. The Morgan fingerprint density at radius 3 is 2.55 bits per heavy atom. The Labute approximate surface area is 121 Å². The van der Waals surface area contributed by atoms with E-state index in [9.17, 15) is 4.79 Å². The van der Waals surface area contributed by atoms with Crippen LogP contribution in [0, 0.1) is 12.8 Å². The average Bonchev–Trinajstić information content (AvgIpc) is 3.14. The molecular formula is C17H24N2O. The van der Waals surface area contributed by atoms with Crippen LogP contribution in [-0.2, 0) is 4.79 Å². The van der Waals surface area contributed by atoms with E-state index in [0.29, 0.717) is 0 Å². The predicted octanol–water partition coefficient (Wildman–Crippen LogP) is 3.72. The number of aryl methyl sites for hydroxylation is 1. The van der Waals surface area contributed by atoms with E-state index in [1.165, 1.54) is 31.4 Å². The molecule has 0 unspecified atom stereocenters. The second kappa shape index (κ2) is 5.86. The number of rotatable bonds is 3. The summed E-state index contributed by atoms with van der Waals surface area (Å²) in [5.41, 5.74) is 3.39. The number of nitrogens with one attached hydrogen (secondary N) is 1. The fraction of sp³-hybridized carbons (Fsp3) is 0.588. The van der Waals surface area contributed by atoms with Crippen LogP contribution >= 0.6 is 0 Å². The molecule has 1 saturated heterocycles. The van der Waals surface area contributed by atoms with Gasteiger partial charge >= 0.3 is 0 Å². The number of carbonyl (C=O) groups excluding carboxylic acids is 1. The average molecular weight is 272 g/mol. The number of anilines is 2. The minimum Gasteiger partial charge on any atom is -0.371 e. The lowest BCUT2D eigenvalue weighted by molar-refractivity contribution is -0.119. The summed E-state index contributed by atoms with van der Waals surface area (Å²) in [4.78, 5) is 14.7. The lowest BCUT2D eigenvalue weighted by atomic mass is 10.1. The Balaban J connectivity index is 1.74. The third-order valence-corrected chi connectivity index (χ3v) is 4.68. The molecule has 1 aromatic carbocycles. The van der Waals surface area contributed by atoms with Crippen LogP contribution in [0.5, 0.6) is 0 Å². The normalized spacial score (nSPS) is 19.6. The van der Waals surface area contributed by atoms with E-state index in [1.807, 2.05) is 0 Å². The van der Waals surface area contributed by atoms with Crippen molar-refractivity contribution in [2.45, 2.75) is 45.4 Å². The van der Waals surface area contributed by atoms with Gasteiger partial charge in [0.25, 0.3) is 0 Å². The van der Waals surface area contributed by atoms with Gasteiger partial charge in [0, 0.05) is 30.4 Å². The molecule has 0 spiro atoms. The molecule has 1 aliphatic heterocycles. The van der Waals surface area contributed by atoms with Crippen LogP contribution in [0.15, 0.2) is 18.2 Å². The Morgan fingerprint density at radius 2 is 1.85 bits per heavy atom. The minimum atomic E-state index is 0.212. The summed E-state index contributed by atoms with van der Waals surface area (Å²) in [6, 6.07) is 6.44. The highest BCUT2D eigenvalue weighted by atomic mass is 16.1. The van der Waals surface area contributed by atoms with Gasteiger partial charge in [-0.3, -0.25) is 4.79 Å². The molecule has 3 heteroatoms. The number of benzene rings is 1. The van der Waals surface area contributed by atoms with Gasteiger partial charge in [0.15, 0.2) is 0 Å². The second-order valence-corrected chi connectivity index (χ2v) is 6.16. The molecule has 0 atom stereocenters. The third kappa shape index (κ3) is 2.82. The molecular weight excluding hydrogens is 248 g/mol. The van der Waals surface area contributed by atoms with Gasteiger partial charge in [0.1, 0.15) is 0 Å². The highest BCUT2D eigenvalue weighted by molar-refractivity contribution is 5.94. The van der Waals surface area contributed by atoms with Crippen molar-refractivity contribution in [2.75, 3.05) is 23.3 Å². The smallest absolute Gasteiger partial charge is 0.227 e. The summed E-state index contributed by atoms with van der Waals surface area (Å²) in [5, 5.41) is 3.15. The maximum absolute atomic E-state index is 12.3. The molecule has 108 valence electrons. The maximum Gasteiger partial charge on any atom is 0.227 e. The first-order valence-electron chi connectivity index (χ1n) is 7.90. The molecule has 2 fully saturated rings. The van der Waals surface area contributed by atoms with Gasteiger partial charge in [-0.25, -0.2) is 0 Å². The standard InChI is InChI=1S/C17H24N2O/c1-13-8-9-15(19-10-4-5-11-19)12-16(13)18-17(20)14-6-2-3-7-14/h8-9,12,14H,2-7,10-11H2,1H3,(H,18,20). The number of carbonyl (C=O) groups is 1. The molecule has 1 heterocycles. The molecule has 2 aliphatic rings. The van der Waals surface area contributed by atoms with Crippen molar-refractivity contribution in [3.8, 4) is 0 Å². The van der Waals surface area contributed by atoms with E-state index in [1.54, 1.807) is 0 Å². The van der Waals surface area contributed by atoms with Crippen LogP contribution < -0.4 is 10.2 Å². The van der Waals surface area contributed by atoms with E-state index in [2.05, 4.69) is 35.3 Å². The first kappa shape index (κ1) is 13.5. The monoisotopic (exact) mass is 272 g/mol. The summed E-state index contributed by atoms with van der Waals surface area (Å²) < 4.78 is 0. The molecule has 3 nitrogen and oxygen atoms in total. The van der Waals surface area contributed by atoms with Crippen molar-refractivity contribution in [2.24, 2.45) is 5.92 Å². The van der Waals surface area contributed by atoms with Crippen LogP contribution in [0.4, 0.5) is 11.4 Å². The molecule has 1 aliphatic carbocycles. The van der Waals surface area contributed by atoms with Crippen LogP contribution in [0.2, 0.25) is 0 Å². The Hall–Kier alpha value is -1.51. The maximum atomic E-state index is 12.3. The zero-order valence-electron chi connectivity index (χ0n) is 12.3. The topological polar surface area (TPSA) is 32.3 Å². The summed E-state index contributed by atoms with van der Waals surface area (Å²) in [6.45, 7) is 4.34. The van der Waals surface area contributed by atoms with Gasteiger partial charge < -0.3 is 10.2 Å². The van der Waals surface area contributed by atoms with Crippen molar-refractivity contribution in [3.63, 3.8) is 0 Å². The molecule has 0 bridgehead atoms. The Kier molecular flexibility index (Phi) is 3.95. The lowest BCUT2D eigenvalue weighted by Crippen LogP contribution is -2.22. The van der Waals surface area contributed by atoms with Crippen molar-refractivity contribution in [3.05, 3.63) is 23.8 Å². The summed E-state index contributed by atoms with van der Waals surface area (Å²) in [6.07, 6.45) is 7.05. The Bertz CT molecular complexity index is 486. The second-order valence-electron chi connectivity index (χ2n) is 6.16. The van der Waals surface area contributed by atoms with Gasteiger partial charge in [-0.15, -0.1) is 0 Å². The van der Waals surface area contributed by atoms with Crippen molar-refractivity contribution >= 4 is 17.3 Å². The molecule has 1 saturated carbocycles. The van der Waals surface area contributed by atoms with Gasteiger partial charge in [-0.05, 0) is 50.3 Å². The van der Waals surface area contributed by atoms with Gasteiger partial charge in [-0.1, -0.05) is 18.9 Å². The van der Waals surface area contributed by atoms with Gasteiger partial charge in [0.2, 0.25) is 5.91 Å². The fourth-order valence-corrected chi connectivity index (χ4v) is 3.34. The third-order valence-electron chi connectivity index (χ3n) is 4.68. The van der Waals surface area contributed by atoms with E-state index < -0.39 is 0 Å². The highest BCUT2D eigenvalue weighted by Gasteiger charge is 2.23. The molecule has 1 amide bonds.